The van der Waals surface area contributed by atoms with Crippen molar-refractivity contribution in [1.29, 1.82) is 0 Å². The maximum absolute atomic E-state index is 12.1. The summed E-state index contributed by atoms with van der Waals surface area (Å²) in [7, 11) is 3.89. The summed E-state index contributed by atoms with van der Waals surface area (Å²) >= 11 is 0. The highest BCUT2D eigenvalue weighted by Gasteiger charge is 2.14. The SMILES string of the molecule is CCCCc1cn(CCNC(=O)/C=C/CN(C)C)c2cc(-c3cc(C(=O)OC=O)ccn3)ncc12. The van der Waals surface area contributed by atoms with E-state index in [1.165, 1.54) is 17.8 Å². The van der Waals surface area contributed by atoms with E-state index in [2.05, 4.69) is 37.7 Å². The number of hydrogen-bond acceptors (Lipinski definition) is 7. The molecule has 0 aliphatic rings. The zero-order valence-electron chi connectivity index (χ0n) is 20.4. The van der Waals surface area contributed by atoms with E-state index in [0.717, 1.165) is 30.2 Å². The average Bonchev–Trinajstić information content (AvgIpc) is 3.19. The number of carbonyl (C=O) groups excluding carboxylic acids is 3. The summed E-state index contributed by atoms with van der Waals surface area (Å²) in [6.45, 7) is 4.04. The largest absolute Gasteiger partial charge is 0.392 e. The molecule has 0 saturated carbocycles. The molecule has 0 spiro atoms. The van der Waals surface area contributed by atoms with Gasteiger partial charge in [-0.15, -0.1) is 0 Å². The normalized spacial score (nSPS) is 11.3. The topological polar surface area (TPSA) is 106 Å². The van der Waals surface area contributed by atoms with E-state index in [9.17, 15) is 14.4 Å². The van der Waals surface area contributed by atoms with Crippen LogP contribution in [0, 0.1) is 0 Å². The second-order valence-corrected chi connectivity index (χ2v) is 8.42. The number of amides is 1. The fraction of sp³-hybridized carbons (Fsp3) is 0.346. The van der Waals surface area contributed by atoms with Gasteiger partial charge in [0.25, 0.3) is 0 Å². The Hall–Kier alpha value is -3.85. The molecule has 1 amide bonds. The third kappa shape index (κ3) is 7.07. The average molecular weight is 478 g/mol. The Morgan fingerprint density at radius 3 is 2.74 bits per heavy atom. The molecule has 184 valence electrons. The van der Waals surface area contributed by atoms with Crippen molar-refractivity contribution < 1.29 is 19.1 Å². The summed E-state index contributed by atoms with van der Waals surface area (Å²) in [5.41, 5.74) is 3.48. The highest BCUT2D eigenvalue weighted by Crippen LogP contribution is 2.26. The van der Waals surface area contributed by atoms with Crippen LogP contribution in [-0.4, -0.2) is 65.0 Å². The van der Waals surface area contributed by atoms with Gasteiger partial charge in [0.1, 0.15) is 0 Å². The zero-order chi connectivity index (χ0) is 25.2. The highest BCUT2D eigenvalue weighted by atomic mass is 16.6. The van der Waals surface area contributed by atoms with Crippen molar-refractivity contribution >= 4 is 29.3 Å². The Kier molecular flexibility index (Phi) is 9.25. The van der Waals surface area contributed by atoms with E-state index in [-0.39, 0.29) is 17.9 Å². The second kappa shape index (κ2) is 12.6. The van der Waals surface area contributed by atoms with Crippen LogP contribution in [0.3, 0.4) is 0 Å². The van der Waals surface area contributed by atoms with Crippen molar-refractivity contribution in [2.24, 2.45) is 0 Å². The highest BCUT2D eigenvalue weighted by molar-refractivity contribution is 5.94. The molecule has 1 N–H and O–H groups in total. The number of esters is 1. The molecule has 3 aromatic rings. The van der Waals surface area contributed by atoms with Crippen LogP contribution in [0.2, 0.25) is 0 Å². The molecule has 0 atom stereocenters. The van der Waals surface area contributed by atoms with Gasteiger partial charge in [-0.3, -0.25) is 19.6 Å². The Bertz CT molecular complexity index is 1220. The van der Waals surface area contributed by atoms with Crippen LogP contribution in [0.4, 0.5) is 0 Å². The summed E-state index contributed by atoms with van der Waals surface area (Å²) in [6.07, 6.45) is 11.9. The molecule has 3 heterocycles. The zero-order valence-corrected chi connectivity index (χ0v) is 20.4. The molecule has 3 rings (SSSR count). The van der Waals surface area contributed by atoms with Gasteiger partial charge in [-0.2, -0.15) is 0 Å². The molecule has 0 fully saturated rings. The minimum absolute atomic E-state index is 0.105. The molecule has 9 heteroatoms. The molecule has 0 unspecified atom stereocenters. The lowest BCUT2D eigenvalue weighted by Gasteiger charge is -2.08. The molecule has 0 bridgehead atoms. The number of fused-ring (bicyclic) bond motifs is 1. The summed E-state index contributed by atoms with van der Waals surface area (Å²) < 4.78 is 6.55. The molecule has 9 nitrogen and oxygen atoms in total. The minimum Gasteiger partial charge on any atom is -0.392 e. The molecule has 35 heavy (non-hydrogen) atoms. The van der Waals surface area contributed by atoms with Gasteiger partial charge in [-0.05, 0) is 50.7 Å². The number of nitrogens with zero attached hydrogens (tertiary/aromatic N) is 4. The molecule has 0 radical (unpaired) electrons. The number of rotatable bonds is 12. The summed E-state index contributed by atoms with van der Waals surface area (Å²) in [5, 5.41) is 3.98. The van der Waals surface area contributed by atoms with Gasteiger partial charge in [0.2, 0.25) is 5.91 Å². The molecule has 3 aromatic heterocycles. The number of hydrogen-bond donors (Lipinski definition) is 1. The van der Waals surface area contributed by atoms with Gasteiger partial charge in [-0.25, -0.2) is 4.79 Å². The van der Waals surface area contributed by atoms with Crippen LogP contribution in [0.1, 0.15) is 35.7 Å². The van der Waals surface area contributed by atoms with Gasteiger partial charge >= 0.3 is 12.4 Å². The summed E-state index contributed by atoms with van der Waals surface area (Å²) in [6, 6.07) is 4.96. The first kappa shape index (κ1) is 25.8. The van der Waals surface area contributed by atoms with Gasteiger partial charge in [-0.1, -0.05) is 19.4 Å². The Morgan fingerprint density at radius 1 is 1.20 bits per heavy atom. The van der Waals surface area contributed by atoms with Crippen molar-refractivity contribution in [2.45, 2.75) is 32.7 Å². The van der Waals surface area contributed by atoms with Gasteiger partial charge in [0.05, 0.1) is 22.5 Å². The van der Waals surface area contributed by atoms with Crippen LogP contribution in [-0.2, 0) is 27.3 Å². The van der Waals surface area contributed by atoms with E-state index in [1.807, 2.05) is 37.3 Å². The number of unbranched alkanes of at least 4 members (excludes halogenated alkanes) is 1. The Balaban J connectivity index is 1.85. The van der Waals surface area contributed by atoms with Gasteiger partial charge < -0.3 is 19.5 Å². The van der Waals surface area contributed by atoms with E-state index in [4.69, 9.17) is 0 Å². The number of ether oxygens (including phenoxy) is 1. The Labute approximate surface area is 204 Å². The number of pyridine rings is 2. The van der Waals surface area contributed by atoms with Crippen molar-refractivity contribution in [3.63, 3.8) is 0 Å². The fourth-order valence-electron chi connectivity index (χ4n) is 3.69. The lowest BCUT2D eigenvalue weighted by atomic mass is 10.1. The lowest BCUT2D eigenvalue weighted by Crippen LogP contribution is -2.25. The van der Waals surface area contributed by atoms with Crippen molar-refractivity contribution in [3.8, 4) is 11.4 Å². The van der Waals surface area contributed by atoms with Crippen molar-refractivity contribution in [2.75, 3.05) is 27.2 Å². The van der Waals surface area contributed by atoms with Crippen LogP contribution in [0.25, 0.3) is 22.3 Å². The maximum atomic E-state index is 12.1. The third-order valence-electron chi connectivity index (χ3n) is 5.45. The van der Waals surface area contributed by atoms with E-state index in [1.54, 1.807) is 12.1 Å². The van der Waals surface area contributed by atoms with Crippen molar-refractivity contribution in [1.82, 2.24) is 24.8 Å². The van der Waals surface area contributed by atoms with Crippen LogP contribution in [0.5, 0.6) is 0 Å². The first-order valence-corrected chi connectivity index (χ1v) is 11.6. The van der Waals surface area contributed by atoms with Crippen LogP contribution < -0.4 is 5.32 Å². The minimum atomic E-state index is -0.745. The fourth-order valence-corrected chi connectivity index (χ4v) is 3.69. The number of aryl methyl sites for hydroxylation is 1. The smallest absolute Gasteiger partial charge is 0.345 e. The van der Waals surface area contributed by atoms with Crippen molar-refractivity contribution in [3.05, 3.63) is 60.1 Å². The second-order valence-electron chi connectivity index (χ2n) is 8.42. The molecule has 0 saturated heterocycles. The Morgan fingerprint density at radius 2 is 2.00 bits per heavy atom. The number of carbonyl (C=O) groups is 3. The monoisotopic (exact) mass is 477 g/mol. The van der Waals surface area contributed by atoms with E-state index < -0.39 is 5.97 Å². The molecule has 0 aliphatic heterocycles. The first-order chi connectivity index (χ1) is 16.9. The predicted octanol–water partition coefficient (Wildman–Crippen LogP) is 2.99. The number of nitrogens with one attached hydrogen (secondary N) is 1. The molecule has 0 aliphatic carbocycles. The standard InChI is InChI=1S/C26H31N5O4/c1-4-5-7-20-17-31(13-11-28-25(33)8-6-12-30(2)3)24-15-23(29-16-21(20)24)22-14-19(9-10-27-22)26(34)35-18-32/h6,8-10,14-18H,4-5,7,11-13H2,1-3H3,(H,28,33)/b8-6+. The third-order valence-corrected chi connectivity index (χ3v) is 5.45. The number of aromatic nitrogens is 3. The molecular formula is C26H31N5O4. The predicted molar refractivity (Wildman–Crippen MR) is 134 cm³/mol. The summed E-state index contributed by atoms with van der Waals surface area (Å²) in [4.78, 5) is 45.4. The first-order valence-electron chi connectivity index (χ1n) is 11.6. The van der Waals surface area contributed by atoms with E-state index >= 15 is 0 Å². The number of likely N-dealkylation sites (N-methyl/N-ethyl adjacent to an activating group) is 1. The quantitative estimate of drug-likeness (QED) is 0.185. The van der Waals surface area contributed by atoms with Crippen LogP contribution >= 0.6 is 0 Å². The maximum Gasteiger partial charge on any atom is 0.345 e. The van der Waals surface area contributed by atoms with Gasteiger partial charge in [0, 0.05) is 49.7 Å². The van der Waals surface area contributed by atoms with Gasteiger partial charge in [0.15, 0.2) is 0 Å². The molecular weight excluding hydrogens is 446 g/mol. The molecule has 0 aromatic carbocycles. The van der Waals surface area contributed by atoms with Crippen LogP contribution in [0.15, 0.2) is 48.9 Å². The lowest BCUT2D eigenvalue weighted by molar-refractivity contribution is -0.124. The van der Waals surface area contributed by atoms with E-state index in [0.29, 0.717) is 31.0 Å². The summed E-state index contributed by atoms with van der Waals surface area (Å²) in [5.74, 6) is -0.870.